The molecule has 0 saturated heterocycles. The van der Waals surface area contributed by atoms with Gasteiger partial charge in [-0.1, -0.05) is 0 Å². The molecule has 0 aliphatic carbocycles. The van der Waals surface area contributed by atoms with E-state index in [1.165, 1.54) is 39.2 Å². The summed E-state index contributed by atoms with van der Waals surface area (Å²) in [5.41, 5.74) is 0.797. The predicted octanol–water partition coefficient (Wildman–Crippen LogP) is 2.95. The van der Waals surface area contributed by atoms with E-state index in [2.05, 4.69) is 10.4 Å². The number of halogens is 3. The largest absolute Gasteiger partial charge is 0.497 e. The summed E-state index contributed by atoms with van der Waals surface area (Å²) in [6.45, 7) is 1.71. The number of rotatable bonds is 6. The molecule has 0 aliphatic rings. The summed E-state index contributed by atoms with van der Waals surface area (Å²) >= 11 is 0. The number of ether oxygens (including phenoxy) is 1. The zero-order chi connectivity index (χ0) is 20.4. The fraction of sp³-hybridized carbons (Fsp3) is 0.353. The Morgan fingerprint density at radius 1 is 1.30 bits per heavy atom. The molecule has 1 heterocycles. The smallest absolute Gasteiger partial charge is 0.408 e. The first kappa shape index (κ1) is 20.3. The van der Waals surface area contributed by atoms with Crippen LogP contribution < -0.4 is 10.1 Å². The quantitative estimate of drug-likeness (QED) is 0.798. The average Bonchev–Trinajstić information content (AvgIpc) is 2.80. The minimum atomic E-state index is -4.43. The van der Waals surface area contributed by atoms with Gasteiger partial charge in [0.05, 0.1) is 30.5 Å². The van der Waals surface area contributed by atoms with Gasteiger partial charge in [0.25, 0.3) is 0 Å². The van der Waals surface area contributed by atoms with E-state index in [0.29, 0.717) is 17.0 Å². The van der Waals surface area contributed by atoms with Crippen LogP contribution in [0.3, 0.4) is 0 Å². The van der Waals surface area contributed by atoms with Crippen LogP contribution in [0.4, 0.5) is 18.9 Å². The lowest BCUT2D eigenvalue weighted by atomic mass is 10.1. The van der Waals surface area contributed by atoms with Gasteiger partial charge in [-0.15, -0.1) is 0 Å². The van der Waals surface area contributed by atoms with Crippen LogP contribution in [0.25, 0.3) is 0 Å². The molecule has 1 amide bonds. The van der Waals surface area contributed by atoms with E-state index in [-0.39, 0.29) is 23.4 Å². The van der Waals surface area contributed by atoms with Crippen LogP contribution in [0.15, 0.2) is 18.2 Å². The Morgan fingerprint density at radius 2 is 1.96 bits per heavy atom. The van der Waals surface area contributed by atoms with Crippen LogP contribution >= 0.6 is 0 Å². The number of carbonyl (C=O) groups excluding carboxylic acids is 1. The Morgan fingerprint density at radius 3 is 2.52 bits per heavy atom. The fourth-order valence-corrected chi connectivity index (χ4v) is 2.60. The number of aryl methyl sites for hydroxylation is 1. The topological polar surface area (TPSA) is 93.5 Å². The molecular weight excluding hydrogens is 367 g/mol. The molecule has 0 fully saturated rings. The molecule has 0 radical (unpaired) electrons. The number of carboxylic acid groups (broad SMARTS) is 1. The zero-order valence-electron chi connectivity index (χ0n) is 14.8. The standard InChI is InChI=1S/C17H18F3N3O4/c1-9-12(10(2)23(22-9)8-17(18,19)20)7-15(24)21-14-5-4-11(27-3)6-13(14)16(25)26/h4-6H,7-8H2,1-3H3,(H,21,24)(H,25,26). The maximum atomic E-state index is 12.6. The summed E-state index contributed by atoms with van der Waals surface area (Å²) in [6.07, 6.45) is -4.66. The monoisotopic (exact) mass is 385 g/mol. The highest BCUT2D eigenvalue weighted by atomic mass is 19.4. The Balaban J connectivity index is 2.21. The highest BCUT2D eigenvalue weighted by Gasteiger charge is 2.30. The summed E-state index contributed by atoms with van der Waals surface area (Å²) in [7, 11) is 1.38. The average molecular weight is 385 g/mol. The van der Waals surface area contributed by atoms with Crippen molar-refractivity contribution >= 4 is 17.6 Å². The van der Waals surface area contributed by atoms with Crippen LogP contribution in [0.1, 0.15) is 27.3 Å². The summed E-state index contributed by atoms with van der Waals surface area (Å²) in [5, 5.41) is 15.6. The molecular formula is C17H18F3N3O4. The number of amides is 1. The van der Waals surface area contributed by atoms with E-state index in [1.807, 2.05) is 0 Å². The fourth-order valence-electron chi connectivity index (χ4n) is 2.60. The van der Waals surface area contributed by atoms with Crippen LogP contribution in [0, 0.1) is 13.8 Å². The number of benzene rings is 1. The van der Waals surface area contributed by atoms with Crippen molar-refractivity contribution in [2.24, 2.45) is 0 Å². The number of methoxy groups -OCH3 is 1. The molecule has 146 valence electrons. The van der Waals surface area contributed by atoms with Crippen molar-refractivity contribution < 1.29 is 32.6 Å². The highest BCUT2D eigenvalue weighted by molar-refractivity contribution is 6.01. The molecule has 1 aromatic carbocycles. The van der Waals surface area contributed by atoms with Gasteiger partial charge in [0, 0.05) is 11.3 Å². The van der Waals surface area contributed by atoms with Gasteiger partial charge in [-0.05, 0) is 32.0 Å². The lowest BCUT2D eigenvalue weighted by Crippen LogP contribution is -2.20. The van der Waals surface area contributed by atoms with E-state index in [0.717, 1.165) is 4.68 Å². The third-order valence-electron chi connectivity index (χ3n) is 3.93. The van der Waals surface area contributed by atoms with Crippen LogP contribution in [0.2, 0.25) is 0 Å². The Kier molecular flexibility index (Phi) is 5.77. The maximum Gasteiger partial charge on any atom is 0.408 e. The minimum Gasteiger partial charge on any atom is -0.497 e. The summed E-state index contributed by atoms with van der Waals surface area (Å²) in [6, 6.07) is 4.13. The second-order valence-electron chi connectivity index (χ2n) is 5.86. The number of hydrogen-bond donors (Lipinski definition) is 2. The Hall–Kier alpha value is -3.04. The van der Waals surface area contributed by atoms with E-state index in [1.54, 1.807) is 0 Å². The number of anilines is 1. The predicted molar refractivity (Wildman–Crippen MR) is 90.0 cm³/mol. The number of aromatic nitrogens is 2. The highest BCUT2D eigenvalue weighted by Crippen LogP contribution is 2.24. The number of aromatic carboxylic acids is 1. The molecule has 10 heteroatoms. The van der Waals surface area contributed by atoms with Gasteiger partial charge < -0.3 is 15.2 Å². The van der Waals surface area contributed by atoms with Crippen molar-refractivity contribution in [2.45, 2.75) is 33.0 Å². The molecule has 0 unspecified atom stereocenters. The number of alkyl halides is 3. The maximum absolute atomic E-state index is 12.6. The van der Waals surface area contributed by atoms with E-state index in [9.17, 15) is 27.9 Å². The number of nitrogens with zero attached hydrogens (tertiary/aromatic N) is 2. The van der Waals surface area contributed by atoms with Crippen molar-refractivity contribution in [3.8, 4) is 5.75 Å². The molecule has 27 heavy (non-hydrogen) atoms. The van der Waals surface area contributed by atoms with Gasteiger partial charge >= 0.3 is 12.1 Å². The third-order valence-corrected chi connectivity index (χ3v) is 3.93. The SMILES string of the molecule is COc1ccc(NC(=O)Cc2c(C)nn(CC(F)(F)F)c2C)c(C(=O)O)c1. The van der Waals surface area contributed by atoms with Crippen molar-refractivity contribution in [3.63, 3.8) is 0 Å². The van der Waals surface area contributed by atoms with Crippen molar-refractivity contribution in [1.82, 2.24) is 9.78 Å². The first-order valence-corrected chi connectivity index (χ1v) is 7.82. The van der Waals surface area contributed by atoms with Gasteiger partial charge in [-0.25, -0.2) is 4.79 Å². The van der Waals surface area contributed by atoms with Crippen LogP contribution in [-0.4, -0.2) is 40.0 Å². The molecule has 2 rings (SSSR count). The van der Waals surface area contributed by atoms with Gasteiger partial charge in [-0.2, -0.15) is 18.3 Å². The molecule has 0 saturated carbocycles. The summed E-state index contributed by atoms with van der Waals surface area (Å²) in [4.78, 5) is 23.7. The third kappa shape index (κ3) is 4.99. The van der Waals surface area contributed by atoms with E-state index in [4.69, 9.17) is 4.74 Å². The molecule has 0 atom stereocenters. The minimum absolute atomic E-state index is 0.0614. The van der Waals surface area contributed by atoms with Crippen LogP contribution in [0.5, 0.6) is 5.75 Å². The van der Waals surface area contributed by atoms with E-state index < -0.39 is 24.6 Å². The molecule has 0 spiro atoms. The van der Waals surface area contributed by atoms with Crippen LogP contribution in [-0.2, 0) is 17.8 Å². The Labute approximate surface area is 152 Å². The van der Waals surface area contributed by atoms with E-state index >= 15 is 0 Å². The lowest BCUT2D eigenvalue weighted by molar-refractivity contribution is -0.143. The number of carbonyl (C=O) groups is 2. The normalized spacial score (nSPS) is 11.3. The van der Waals surface area contributed by atoms with Gasteiger partial charge in [-0.3, -0.25) is 9.48 Å². The number of hydrogen-bond acceptors (Lipinski definition) is 4. The summed E-state index contributed by atoms with van der Waals surface area (Å²) in [5.74, 6) is -1.51. The molecule has 0 aliphatic heterocycles. The summed E-state index contributed by atoms with van der Waals surface area (Å²) < 4.78 is 43.5. The van der Waals surface area contributed by atoms with Gasteiger partial charge in [0.2, 0.25) is 5.91 Å². The second kappa shape index (κ2) is 7.68. The van der Waals surface area contributed by atoms with Crippen molar-refractivity contribution in [3.05, 3.63) is 40.7 Å². The molecule has 7 nitrogen and oxygen atoms in total. The van der Waals surface area contributed by atoms with Crippen molar-refractivity contribution in [1.29, 1.82) is 0 Å². The molecule has 2 N–H and O–H groups in total. The first-order chi connectivity index (χ1) is 12.5. The van der Waals surface area contributed by atoms with Crippen molar-refractivity contribution in [2.75, 3.05) is 12.4 Å². The molecule has 2 aromatic rings. The Bertz CT molecular complexity index is 875. The second-order valence-corrected chi connectivity index (χ2v) is 5.86. The number of carboxylic acids is 1. The van der Waals surface area contributed by atoms with Gasteiger partial charge in [0.1, 0.15) is 12.3 Å². The molecule has 0 bridgehead atoms. The first-order valence-electron chi connectivity index (χ1n) is 7.82. The van der Waals surface area contributed by atoms with Gasteiger partial charge in [0.15, 0.2) is 0 Å². The molecule has 1 aromatic heterocycles. The zero-order valence-corrected chi connectivity index (χ0v) is 14.8. The lowest BCUT2D eigenvalue weighted by Gasteiger charge is -2.11. The number of nitrogens with one attached hydrogen (secondary N) is 1.